The summed E-state index contributed by atoms with van der Waals surface area (Å²) < 4.78 is 0. The molecule has 0 spiro atoms. The van der Waals surface area contributed by atoms with Crippen LogP contribution in [0.5, 0.6) is 0 Å². The lowest BCUT2D eigenvalue weighted by Gasteiger charge is -2.03. The molecule has 0 fully saturated rings. The molecular weight excluding hydrogens is 282 g/mol. The number of primary amides is 1. The Kier molecular flexibility index (Phi) is 4.41. The number of hydrogen-bond acceptors (Lipinski definition) is 3. The summed E-state index contributed by atoms with van der Waals surface area (Å²) in [6.45, 7) is 0.276. The molecule has 1 aromatic heterocycles. The third kappa shape index (κ3) is 3.86. The molecule has 0 aliphatic heterocycles. The van der Waals surface area contributed by atoms with Crippen molar-refractivity contribution in [2.24, 2.45) is 5.73 Å². The van der Waals surface area contributed by atoms with E-state index in [4.69, 9.17) is 17.3 Å². The summed E-state index contributed by atoms with van der Waals surface area (Å²) >= 11 is 5.88. The summed E-state index contributed by atoms with van der Waals surface area (Å²) in [5.74, 6) is 0.452. The van der Waals surface area contributed by atoms with Crippen LogP contribution >= 0.6 is 11.6 Å². The zero-order chi connectivity index (χ0) is 14.5. The highest BCUT2D eigenvalue weighted by atomic mass is 35.5. The minimum atomic E-state index is -0.727. The zero-order valence-electron chi connectivity index (χ0n) is 10.6. The number of amides is 3. The van der Waals surface area contributed by atoms with E-state index in [0.717, 1.165) is 16.9 Å². The van der Waals surface area contributed by atoms with Gasteiger partial charge in [0, 0.05) is 18.0 Å². The first-order valence-corrected chi connectivity index (χ1v) is 6.36. The Balaban J connectivity index is 1.83. The standard InChI is InChI=1S/C12H14ClN5O2/c13-7-1-2-8-9(5-7)18-10(17-8)3-4-15-11(19)6-16-12(14)20/h1-2,5H,3-4,6H2,(H,15,19)(H,17,18)(H3,14,16,20). The van der Waals surface area contributed by atoms with Crippen LogP contribution in [0.25, 0.3) is 11.0 Å². The summed E-state index contributed by atoms with van der Waals surface area (Å²) in [5, 5.41) is 5.49. The topological polar surface area (TPSA) is 113 Å². The number of rotatable bonds is 5. The van der Waals surface area contributed by atoms with Gasteiger partial charge in [0.25, 0.3) is 0 Å². The van der Waals surface area contributed by atoms with Crippen LogP contribution in [0.15, 0.2) is 18.2 Å². The fourth-order valence-corrected chi connectivity index (χ4v) is 1.88. The number of aromatic nitrogens is 2. The first-order chi connectivity index (χ1) is 9.54. The van der Waals surface area contributed by atoms with Crippen molar-refractivity contribution < 1.29 is 9.59 Å². The Morgan fingerprint density at radius 3 is 2.90 bits per heavy atom. The second kappa shape index (κ2) is 6.25. The van der Waals surface area contributed by atoms with Crippen LogP contribution in [-0.2, 0) is 11.2 Å². The molecule has 0 aliphatic carbocycles. The van der Waals surface area contributed by atoms with Crippen molar-refractivity contribution in [3.8, 4) is 0 Å². The highest BCUT2D eigenvalue weighted by molar-refractivity contribution is 6.31. The van der Waals surface area contributed by atoms with Crippen molar-refractivity contribution >= 4 is 34.6 Å². The minimum Gasteiger partial charge on any atom is -0.354 e. The lowest BCUT2D eigenvalue weighted by molar-refractivity contribution is -0.120. The summed E-state index contributed by atoms with van der Waals surface area (Å²) in [4.78, 5) is 29.2. The van der Waals surface area contributed by atoms with Crippen LogP contribution in [0, 0.1) is 0 Å². The molecule has 2 rings (SSSR count). The number of benzene rings is 1. The molecule has 0 bridgehead atoms. The van der Waals surface area contributed by atoms with Crippen LogP contribution < -0.4 is 16.4 Å². The van der Waals surface area contributed by atoms with Crippen LogP contribution in [0.2, 0.25) is 5.02 Å². The van der Waals surface area contributed by atoms with Crippen molar-refractivity contribution in [3.63, 3.8) is 0 Å². The van der Waals surface area contributed by atoms with Crippen molar-refractivity contribution in [3.05, 3.63) is 29.0 Å². The highest BCUT2D eigenvalue weighted by Crippen LogP contribution is 2.17. The minimum absolute atomic E-state index is 0.134. The number of aromatic amines is 1. The van der Waals surface area contributed by atoms with E-state index in [1.165, 1.54) is 0 Å². The monoisotopic (exact) mass is 295 g/mol. The van der Waals surface area contributed by atoms with Gasteiger partial charge in [-0.1, -0.05) is 11.6 Å². The third-order valence-corrected chi connectivity index (χ3v) is 2.84. The van der Waals surface area contributed by atoms with Crippen LogP contribution in [-0.4, -0.2) is 35.0 Å². The first-order valence-electron chi connectivity index (χ1n) is 5.99. The Hall–Kier alpha value is -2.28. The molecular formula is C12H14ClN5O2. The number of imidazole rings is 1. The average molecular weight is 296 g/mol. The van der Waals surface area contributed by atoms with Crippen molar-refractivity contribution in [1.29, 1.82) is 0 Å². The molecule has 2 aromatic rings. The second-order valence-corrected chi connectivity index (χ2v) is 4.60. The highest BCUT2D eigenvalue weighted by Gasteiger charge is 2.05. The first kappa shape index (κ1) is 14.1. The molecule has 1 aromatic carbocycles. The van der Waals surface area contributed by atoms with Crippen LogP contribution in [0.3, 0.4) is 0 Å². The Morgan fingerprint density at radius 2 is 2.15 bits per heavy atom. The largest absolute Gasteiger partial charge is 0.354 e. The fraction of sp³-hybridized carbons (Fsp3) is 0.250. The third-order valence-electron chi connectivity index (χ3n) is 2.60. The fourth-order valence-electron chi connectivity index (χ4n) is 1.70. The second-order valence-electron chi connectivity index (χ2n) is 4.16. The Morgan fingerprint density at radius 1 is 1.35 bits per heavy atom. The summed E-state index contributed by atoms with van der Waals surface area (Å²) in [6.07, 6.45) is 0.550. The van der Waals surface area contributed by atoms with E-state index in [2.05, 4.69) is 20.6 Å². The molecule has 8 heteroatoms. The Labute approximate surface area is 119 Å². The number of urea groups is 1. The number of nitrogens with zero attached hydrogens (tertiary/aromatic N) is 1. The van der Waals surface area contributed by atoms with Gasteiger partial charge in [-0.3, -0.25) is 4.79 Å². The van der Waals surface area contributed by atoms with Gasteiger partial charge in [-0.25, -0.2) is 9.78 Å². The maximum atomic E-state index is 11.3. The Bertz CT molecular complexity index is 640. The smallest absolute Gasteiger partial charge is 0.312 e. The van der Waals surface area contributed by atoms with Crippen molar-refractivity contribution in [2.75, 3.05) is 13.1 Å². The SMILES string of the molecule is NC(=O)NCC(=O)NCCc1nc2ccc(Cl)cc2[nH]1. The van der Waals surface area contributed by atoms with Gasteiger partial charge in [-0.2, -0.15) is 0 Å². The van der Waals surface area contributed by atoms with Crippen molar-refractivity contribution in [1.82, 2.24) is 20.6 Å². The van der Waals surface area contributed by atoms with E-state index < -0.39 is 6.03 Å². The average Bonchev–Trinajstić information content (AvgIpc) is 2.78. The van der Waals surface area contributed by atoms with Gasteiger partial charge in [0.2, 0.25) is 5.91 Å². The maximum Gasteiger partial charge on any atom is 0.312 e. The van der Waals surface area contributed by atoms with E-state index in [0.29, 0.717) is 18.0 Å². The number of carbonyl (C=O) groups is 2. The van der Waals surface area contributed by atoms with E-state index >= 15 is 0 Å². The molecule has 7 nitrogen and oxygen atoms in total. The molecule has 20 heavy (non-hydrogen) atoms. The van der Waals surface area contributed by atoms with Gasteiger partial charge in [-0.05, 0) is 18.2 Å². The van der Waals surface area contributed by atoms with Crippen LogP contribution in [0.4, 0.5) is 4.79 Å². The number of carbonyl (C=O) groups excluding carboxylic acids is 2. The maximum absolute atomic E-state index is 11.3. The van der Waals surface area contributed by atoms with Gasteiger partial charge in [0.15, 0.2) is 0 Å². The molecule has 1 heterocycles. The van der Waals surface area contributed by atoms with E-state index in [1.54, 1.807) is 12.1 Å². The number of halogens is 1. The number of hydrogen-bond donors (Lipinski definition) is 4. The molecule has 0 saturated carbocycles. The van der Waals surface area contributed by atoms with E-state index in [-0.39, 0.29) is 12.5 Å². The summed E-state index contributed by atoms with van der Waals surface area (Å²) in [7, 11) is 0. The number of H-pyrrole nitrogens is 1. The summed E-state index contributed by atoms with van der Waals surface area (Å²) in [6, 6.07) is 4.66. The quantitative estimate of drug-likeness (QED) is 0.646. The van der Waals surface area contributed by atoms with Gasteiger partial charge in [0.1, 0.15) is 5.82 Å². The lowest BCUT2D eigenvalue weighted by atomic mass is 10.3. The van der Waals surface area contributed by atoms with Crippen molar-refractivity contribution in [2.45, 2.75) is 6.42 Å². The van der Waals surface area contributed by atoms with Gasteiger partial charge >= 0.3 is 6.03 Å². The van der Waals surface area contributed by atoms with E-state index in [9.17, 15) is 9.59 Å². The lowest BCUT2D eigenvalue weighted by Crippen LogP contribution is -2.40. The number of nitrogens with two attached hydrogens (primary N) is 1. The molecule has 0 unspecified atom stereocenters. The van der Waals surface area contributed by atoms with Crippen LogP contribution in [0.1, 0.15) is 5.82 Å². The zero-order valence-corrected chi connectivity index (χ0v) is 11.3. The molecule has 3 amide bonds. The van der Waals surface area contributed by atoms with E-state index in [1.807, 2.05) is 6.07 Å². The molecule has 0 saturated heterocycles. The normalized spacial score (nSPS) is 10.4. The predicted molar refractivity (Wildman–Crippen MR) is 75.4 cm³/mol. The van der Waals surface area contributed by atoms with Gasteiger partial charge < -0.3 is 21.4 Å². The molecule has 106 valence electrons. The molecule has 0 atom stereocenters. The number of fused-ring (bicyclic) bond motifs is 1. The van der Waals surface area contributed by atoms with Gasteiger partial charge in [0.05, 0.1) is 17.6 Å². The molecule has 5 N–H and O–H groups in total. The molecule has 0 aliphatic rings. The van der Waals surface area contributed by atoms with Gasteiger partial charge in [-0.15, -0.1) is 0 Å². The number of nitrogens with one attached hydrogen (secondary N) is 3. The predicted octanol–water partition coefficient (Wildman–Crippen LogP) is 0.543. The summed E-state index contributed by atoms with van der Waals surface area (Å²) in [5.41, 5.74) is 6.54. The molecule has 0 radical (unpaired) electrons.